The highest BCUT2D eigenvalue weighted by Crippen LogP contribution is 2.21. The smallest absolute Gasteiger partial charge is 0.281 e. The van der Waals surface area contributed by atoms with Gasteiger partial charge in [0.15, 0.2) is 0 Å². The third-order valence-electron chi connectivity index (χ3n) is 4.51. The van der Waals surface area contributed by atoms with E-state index in [4.69, 9.17) is 0 Å². The first-order valence-corrected chi connectivity index (χ1v) is 10.4. The summed E-state index contributed by atoms with van der Waals surface area (Å²) in [4.78, 5) is 16.5. The van der Waals surface area contributed by atoms with Crippen molar-refractivity contribution in [3.05, 3.63) is 29.3 Å². The molecule has 1 amide bonds. The number of hydrogen-bond donors (Lipinski definition) is 1. The summed E-state index contributed by atoms with van der Waals surface area (Å²) in [6.07, 6.45) is 1.50. The summed E-state index contributed by atoms with van der Waals surface area (Å²) in [7, 11) is -0.255. The van der Waals surface area contributed by atoms with Crippen LogP contribution in [0.2, 0.25) is 0 Å². The quantitative estimate of drug-likeness (QED) is 0.850. The van der Waals surface area contributed by atoms with E-state index in [0.29, 0.717) is 31.1 Å². The molecule has 1 fully saturated rings. The van der Waals surface area contributed by atoms with Crippen LogP contribution in [0.3, 0.4) is 0 Å². The molecule has 1 aromatic carbocycles. The van der Waals surface area contributed by atoms with E-state index in [0.717, 1.165) is 23.1 Å². The molecule has 7 nitrogen and oxygen atoms in total. The Bertz CT molecular complexity index is 855. The summed E-state index contributed by atoms with van der Waals surface area (Å²) in [5, 5.41) is 2.96. The number of carbonyl (C=O) groups is 1. The molecule has 1 aliphatic heterocycles. The second-order valence-electron chi connectivity index (χ2n) is 6.38. The lowest BCUT2D eigenvalue weighted by Gasteiger charge is -2.32. The highest BCUT2D eigenvalue weighted by molar-refractivity contribution is 7.86. The number of thiazole rings is 1. The predicted octanol–water partition coefficient (Wildman–Crippen LogP) is 1.54. The van der Waals surface area contributed by atoms with Crippen LogP contribution >= 0.6 is 11.3 Å². The highest BCUT2D eigenvalue weighted by atomic mass is 32.2. The zero-order valence-corrected chi connectivity index (χ0v) is 15.9. The first-order valence-electron chi connectivity index (χ1n) is 8.17. The summed E-state index contributed by atoms with van der Waals surface area (Å²) in [5.74, 6) is 0.179. The summed E-state index contributed by atoms with van der Waals surface area (Å²) in [5.41, 5.74) is 3.20. The number of piperidine rings is 1. The van der Waals surface area contributed by atoms with E-state index in [1.165, 1.54) is 8.61 Å². The second-order valence-corrected chi connectivity index (χ2v) is 9.41. The van der Waals surface area contributed by atoms with Gasteiger partial charge in [-0.3, -0.25) is 4.79 Å². The van der Waals surface area contributed by atoms with Crippen LogP contribution in [0.5, 0.6) is 0 Å². The van der Waals surface area contributed by atoms with Crippen LogP contribution < -0.4 is 5.32 Å². The minimum Gasteiger partial charge on any atom is -0.352 e. The fraction of sp³-hybridized carbons (Fsp3) is 0.500. The summed E-state index contributed by atoms with van der Waals surface area (Å²) >= 11 is 1.55. The number of hydrogen-bond acceptors (Lipinski definition) is 5. The number of amides is 1. The standard InChI is InChI=1S/C16H22N4O3S2/c1-19(2)25(22,23)20-7-5-12(6-8-20)10-17-16(21)13-3-4-15-14(9-13)18-11-24-15/h3-4,9,11-12H,5-8,10H2,1-2H3,(H,17,21). The molecule has 3 rings (SSSR count). The van der Waals surface area contributed by atoms with E-state index >= 15 is 0 Å². The van der Waals surface area contributed by atoms with E-state index in [9.17, 15) is 13.2 Å². The molecule has 1 aromatic heterocycles. The van der Waals surface area contributed by atoms with Gasteiger partial charge in [-0.05, 0) is 37.0 Å². The average Bonchev–Trinajstić information content (AvgIpc) is 3.07. The average molecular weight is 383 g/mol. The summed E-state index contributed by atoms with van der Waals surface area (Å²) in [6, 6.07) is 5.52. The lowest BCUT2D eigenvalue weighted by Crippen LogP contribution is -2.45. The fourth-order valence-corrected chi connectivity index (χ4v) is 4.71. The largest absolute Gasteiger partial charge is 0.352 e. The van der Waals surface area contributed by atoms with Gasteiger partial charge in [-0.25, -0.2) is 4.98 Å². The molecule has 1 aliphatic rings. The molecule has 9 heteroatoms. The monoisotopic (exact) mass is 382 g/mol. The van der Waals surface area contributed by atoms with Crippen molar-refractivity contribution in [1.29, 1.82) is 0 Å². The molecule has 0 atom stereocenters. The number of aromatic nitrogens is 1. The molecule has 1 saturated heterocycles. The van der Waals surface area contributed by atoms with Gasteiger partial charge in [-0.2, -0.15) is 17.0 Å². The van der Waals surface area contributed by atoms with Crippen molar-refractivity contribution >= 4 is 37.7 Å². The minimum atomic E-state index is -3.34. The van der Waals surface area contributed by atoms with Crippen molar-refractivity contribution in [2.45, 2.75) is 12.8 Å². The third kappa shape index (κ3) is 4.00. The Balaban J connectivity index is 1.52. The SMILES string of the molecule is CN(C)S(=O)(=O)N1CCC(CNC(=O)c2ccc3scnc3c2)CC1. The zero-order valence-electron chi connectivity index (χ0n) is 14.3. The normalized spacial score (nSPS) is 17.2. The Morgan fingerprint density at radius 3 is 2.76 bits per heavy atom. The predicted molar refractivity (Wildman–Crippen MR) is 98.9 cm³/mol. The van der Waals surface area contributed by atoms with Crippen LogP contribution in [0.15, 0.2) is 23.7 Å². The van der Waals surface area contributed by atoms with Crippen molar-refractivity contribution < 1.29 is 13.2 Å². The van der Waals surface area contributed by atoms with Crippen molar-refractivity contribution in [3.8, 4) is 0 Å². The molecule has 1 N–H and O–H groups in total. The Hall–Kier alpha value is -1.55. The Morgan fingerprint density at radius 2 is 2.08 bits per heavy atom. The van der Waals surface area contributed by atoms with Gasteiger partial charge < -0.3 is 5.32 Å². The molecule has 0 unspecified atom stereocenters. The number of carbonyl (C=O) groups excluding carboxylic acids is 1. The minimum absolute atomic E-state index is 0.113. The molecule has 0 saturated carbocycles. The van der Waals surface area contributed by atoms with Crippen LogP contribution in [0.4, 0.5) is 0 Å². The van der Waals surface area contributed by atoms with E-state index in [-0.39, 0.29) is 5.91 Å². The Morgan fingerprint density at radius 1 is 1.36 bits per heavy atom. The number of benzene rings is 1. The van der Waals surface area contributed by atoms with E-state index < -0.39 is 10.2 Å². The van der Waals surface area contributed by atoms with Crippen LogP contribution in [0.1, 0.15) is 23.2 Å². The van der Waals surface area contributed by atoms with Gasteiger partial charge in [0.05, 0.1) is 15.7 Å². The number of nitrogens with zero attached hydrogens (tertiary/aromatic N) is 3. The molecule has 136 valence electrons. The maximum atomic E-state index is 12.3. The molecule has 2 aromatic rings. The maximum absolute atomic E-state index is 12.3. The van der Waals surface area contributed by atoms with Crippen molar-refractivity contribution in [3.63, 3.8) is 0 Å². The first-order chi connectivity index (χ1) is 11.9. The Labute approximate surface area is 151 Å². The van der Waals surface area contributed by atoms with Crippen LogP contribution in [0.25, 0.3) is 10.2 Å². The maximum Gasteiger partial charge on any atom is 0.281 e. The number of fused-ring (bicyclic) bond motifs is 1. The van der Waals surface area contributed by atoms with Gasteiger partial charge in [0.25, 0.3) is 16.1 Å². The molecular weight excluding hydrogens is 360 g/mol. The van der Waals surface area contributed by atoms with E-state index in [1.54, 1.807) is 37.0 Å². The van der Waals surface area contributed by atoms with Gasteiger partial charge in [-0.15, -0.1) is 11.3 Å². The topological polar surface area (TPSA) is 82.6 Å². The molecule has 0 spiro atoms. The van der Waals surface area contributed by atoms with Gasteiger partial charge in [0, 0.05) is 39.3 Å². The van der Waals surface area contributed by atoms with E-state index in [2.05, 4.69) is 10.3 Å². The lowest BCUT2D eigenvalue weighted by atomic mass is 9.98. The van der Waals surface area contributed by atoms with Crippen molar-refractivity contribution in [1.82, 2.24) is 18.9 Å². The molecule has 2 heterocycles. The number of rotatable bonds is 5. The summed E-state index contributed by atoms with van der Waals surface area (Å²) < 4.78 is 28.0. The second kappa shape index (κ2) is 7.36. The molecule has 0 radical (unpaired) electrons. The number of nitrogens with one attached hydrogen (secondary N) is 1. The molecule has 0 bridgehead atoms. The van der Waals surface area contributed by atoms with Gasteiger partial charge in [0.2, 0.25) is 0 Å². The molecule has 0 aliphatic carbocycles. The van der Waals surface area contributed by atoms with Crippen molar-refractivity contribution in [2.24, 2.45) is 5.92 Å². The highest BCUT2D eigenvalue weighted by Gasteiger charge is 2.29. The van der Waals surface area contributed by atoms with Crippen molar-refractivity contribution in [2.75, 3.05) is 33.7 Å². The van der Waals surface area contributed by atoms with Crippen LogP contribution in [-0.4, -0.2) is 61.6 Å². The molecule has 25 heavy (non-hydrogen) atoms. The van der Waals surface area contributed by atoms with Crippen LogP contribution in [0, 0.1) is 5.92 Å². The lowest BCUT2D eigenvalue weighted by molar-refractivity contribution is 0.0941. The van der Waals surface area contributed by atoms with Gasteiger partial charge in [-0.1, -0.05) is 0 Å². The van der Waals surface area contributed by atoms with Gasteiger partial charge >= 0.3 is 0 Å². The first kappa shape index (κ1) is 18.2. The molecular formula is C16H22N4O3S2. The van der Waals surface area contributed by atoms with Crippen LogP contribution in [-0.2, 0) is 10.2 Å². The van der Waals surface area contributed by atoms with E-state index in [1.807, 2.05) is 12.1 Å². The third-order valence-corrected chi connectivity index (χ3v) is 7.26. The summed E-state index contributed by atoms with van der Waals surface area (Å²) in [6.45, 7) is 1.54. The fourth-order valence-electron chi connectivity index (χ4n) is 2.91. The Kier molecular flexibility index (Phi) is 5.38. The zero-order chi connectivity index (χ0) is 18.0. The van der Waals surface area contributed by atoms with Gasteiger partial charge in [0.1, 0.15) is 0 Å².